The standard InChI is InChI=1S/C15H14O5/c1-19-10-3-2-9-4-6-15(18,12(9)8-10)13-11(14(16)17)5-7-20-13/h2-3,5,7-8,18H,4,6H2,1H3,(H,16,17). The van der Waals surface area contributed by atoms with Gasteiger partial charge >= 0.3 is 5.97 Å². The number of ether oxygens (including phenoxy) is 1. The predicted octanol–water partition coefficient (Wildman–Crippen LogP) is 2.17. The van der Waals surface area contributed by atoms with E-state index < -0.39 is 11.6 Å². The molecule has 1 heterocycles. The molecule has 1 aromatic carbocycles. The third-order valence-electron chi connectivity index (χ3n) is 3.79. The van der Waals surface area contributed by atoms with Crippen molar-refractivity contribution in [3.8, 4) is 5.75 Å². The van der Waals surface area contributed by atoms with Crippen LogP contribution in [0, 0.1) is 0 Å². The number of carboxylic acids is 1. The fourth-order valence-corrected chi connectivity index (χ4v) is 2.77. The number of furan rings is 1. The van der Waals surface area contributed by atoms with Gasteiger partial charge in [0.2, 0.25) is 0 Å². The van der Waals surface area contributed by atoms with E-state index >= 15 is 0 Å². The summed E-state index contributed by atoms with van der Waals surface area (Å²) in [4.78, 5) is 11.2. The van der Waals surface area contributed by atoms with E-state index in [0.717, 1.165) is 5.56 Å². The molecular weight excluding hydrogens is 260 g/mol. The lowest BCUT2D eigenvalue weighted by molar-refractivity contribution is 0.0517. The highest BCUT2D eigenvalue weighted by Crippen LogP contribution is 2.44. The third-order valence-corrected chi connectivity index (χ3v) is 3.79. The second-order valence-electron chi connectivity index (χ2n) is 4.85. The number of benzene rings is 1. The van der Waals surface area contributed by atoms with Gasteiger partial charge < -0.3 is 19.4 Å². The highest BCUT2D eigenvalue weighted by atomic mass is 16.5. The average molecular weight is 274 g/mol. The lowest BCUT2D eigenvalue weighted by Crippen LogP contribution is -2.25. The number of methoxy groups -OCH3 is 1. The largest absolute Gasteiger partial charge is 0.497 e. The molecule has 0 spiro atoms. The molecule has 1 aliphatic carbocycles. The quantitative estimate of drug-likeness (QED) is 0.896. The van der Waals surface area contributed by atoms with Crippen LogP contribution in [0.3, 0.4) is 0 Å². The van der Waals surface area contributed by atoms with Crippen molar-refractivity contribution < 1.29 is 24.2 Å². The van der Waals surface area contributed by atoms with Crippen LogP contribution >= 0.6 is 0 Å². The number of hydrogen-bond donors (Lipinski definition) is 2. The predicted molar refractivity (Wildman–Crippen MR) is 70.0 cm³/mol. The Hall–Kier alpha value is -2.27. The van der Waals surface area contributed by atoms with Gasteiger partial charge in [-0.05, 0) is 42.2 Å². The number of rotatable bonds is 3. The summed E-state index contributed by atoms with van der Waals surface area (Å²) >= 11 is 0. The summed E-state index contributed by atoms with van der Waals surface area (Å²) in [7, 11) is 1.55. The minimum atomic E-state index is -1.42. The van der Waals surface area contributed by atoms with Gasteiger partial charge in [-0.15, -0.1) is 0 Å². The lowest BCUT2D eigenvalue weighted by Gasteiger charge is -2.22. The summed E-state index contributed by atoms with van der Waals surface area (Å²) in [6.07, 6.45) is 2.34. The first-order valence-corrected chi connectivity index (χ1v) is 6.27. The summed E-state index contributed by atoms with van der Waals surface area (Å²) in [6.45, 7) is 0. The van der Waals surface area contributed by atoms with E-state index in [1.54, 1.807) is 13.2 Å². The number of carboxylic acid groups (broad SMARTS) is 1. The van der Waals surface area contributed by atoms with Crippen LogP contribution in [0.4, 0.5) is 0 Å². The van der Waals surface area contributed by atoms with Crippen LogP contribution in [0.2, 0.25) is 0 Å². The smallest absolute Gasteiger partial charge is 0.339 e. The Balaban J connectivity index is 2.16. The first-order chi connectivity index (χ1) is 9.56. The van der Waals surface area contributed by atoms with Crippen LogP contribution in [-0.2, 0) is 12.0 Å². The molecule has 1 unspecified atom stereocenters. The van der Waals surface area contributed by atoms with E-state index in [9.17, 15) is 15.0 Å². The molecule has 0 saturated heterocycles. The fourth-order valence-electron chi connectivity index (χ4n) is 2.77. The van der Waals surface area contributed by atoms with E-state index in [4.69, 9.17) is 9.15 Å². The molecule has 104 valence electrons. The van der Waals surface area contributed by atoms with Crippen LogP contribution in [0.25, 0.3) is 0 Å². The normalized spacial score (nSPS) is 20.7. The van der Waals surface area contributed by atoms with Crippen molar-refractivity contribution in [1.29, 1.82) is 0 Å². The zero-order valence-electron chi connectivity index (χ0n) is 10.9. The molecule has 0 fully saturated rings. The number of aromatic carboxylic acids is 1. The van der Waals surface area contributed by atoms with Crippen LogP contribution in [0.5, 0.6) is 5.75 Å². The average Bonchev–Trinajstić information content (AvgIpc) is 3.05. The van der Waals surface area contributed by atoms with Gasteiger partial charge in [0, 0.05) is 0 Å². The SMILES string of the molecule is COc1ccc2c(c1)C(O)(c1occc1C(=O)O)CC2. The van der Waals surface area contributed by atoms with E-state index in [1.165, 1.54) is 12.3 Å². The molecule has 3 rings (SSSR count). The first-order valence-electron chi connectivity index (χ1n) is 6.27. The molecule has 1 aromatic heterocycles. The maximum absolute atomic E-state index is 11.2. The van der Waals surface area contributed by atoms with Gasteiger partial charge in [-0.1, -0.05) is 6.07 Å². The van der Waals surface area contributed by atoms with Crippen LogP contribution in [0.1, 0.15) is 33.7 Å². The van der Waals surface area contributed by atoms with Gasteiger partial charge in [-0.2, -0.15) is 0 Å². The Morgan fingerprint density at radius 1 is 1.40 bits per heavy atom. The summed E-state index contributed by atoms with van der Waals surface area (Å²) < 4.78 is 10.4. The molecular formula is C15H14O5. The van der Waals surface area contributed by atoms with Gasteiger partial charge in [-0.25, -0.2) is 4.79 Å². The van der Waals surface area contributed by atoms with Gasteiger partial charge in [0.05, 0.1) is 13.4 Å². The molecule has 0 amide bonds. The van der Waals surface area contributed by atoms with E-state index in [0.29, 0.717) is 24.2 Å². The van der Waals surface area contributed by atoms with Crippen molar-refractivity contribution in [2.24, 2.45) is 0 Å². The summed E-state index contributed by atoms with van der Waals surface area (Å²) in [5, 5.41) is 20.1. The molecule has 2 aromatic rings. The van der Waals surface area contributed by atoms with Gasteiger partial charge in [0.15, 0.2) is 5.76 Å². The zero-order valence-corrected chi connectivity index (χ0v) is 10.9. The number of fused-ring (bicyclic) bond motifs is 1. The molecule has 0 saturated carbocycles. The van der Waals surface area contributed by atoms with Crippen LogP contribution in [0.15, 0.2) is 34.9 Å². The molecule has 2 N–H and O–H groups in total. The van der Waals surface area contributed by atoms with Crippen molar-refractivity contribution in [3.63, 3.8) is 0 Å². The number of carbonyl (C=O) groups is 1. The fraction of sp³-hybridized carbons (Fsp3) is 0.267. The van der Waals surface area contributed by atoms with Crippen LogP contribution in [-0.4, -0.2) is 23.3 Å². The first kappa shape index (κ1) is 12.7. The lowest BCUT2D eigenvalue weighted by atomic mass is 9.90. The number of aliphatic hydroxyl groups is 1. The Morgan fingerprint density at radius 2 is 2.20 bits per heavy atom. The van der Waals surface area contributed by atoms with Gasteiger partial charge in [-0.3, -0.25) is 0 Å². The van der Waals surface area contributed by atoms with E-state index in [1.807, 2.05) is 12.1 Å². The Kier molecular flexibility index (Phi) is 2.79. The molecule has 5 nitrogen and oxygen atoms in total. The van der Waals surface area contributed by atoms with Crippen LogP contribution < -0.4 is 4.74 Å². The molecule has 5 heteroatoms. The second-order valence-corrected chi connectivity index (χ2v) is 4.85. The van der Waals surface area contributed by atoms with Crippen molar-refractivity contribution >= 4 is 5.97 Å². The van der Waals surface area contributed by atoms with Crippen molar-refractivity contribution in [2.75, 3.05) is 7.11 Å². The third kappa shape index (κ3) is 1.71. The van der Waals surface area contributed by atoms with Crippen molar-refractivity contribution in [2.45, 2.75) is 18.4 Å². The molecule has 0 bridgehead atoms. The Labute approximate surface area is 115 Å². The summed E-state index contributed by atoms with van der Waals surface area (Å²) in [5.74, 6) is -0.414. The number of hydrogen-bond acceptors (Lipinski definition) is 4. The highest BCUT2D eigenvalue weighted by molar-refractivity contribution is 5.89. The topological polar surface area (TPSA) is 79.9 Å². The number of aryl methyl sites for hydroxylation is 1. The maximum Gasteiger partial charge on any atom is 0.339 e. The molecule has 1 aliphatic rings. The summed E-state index contributed by atoms with van der Waals surface area (Å²) in [5.41, 5.74) is 0.194. The minimum Gasteiger partial charge on any atom is -0.497 e. The van der Waals surface area contributed by atoms with Crippen molar-refractivity contribution in [1.82, 2.24) is 0 Å². The summed E-state index contributed by atoms with van der Waals surface area (Å²) in [6, 6.07) is 6.80. The molecule has 0 aliphatic heterocycles. The Bertz CT molecular complexity index is 673. The van der Waals surface area contributed by atoms with Gasteiger partial charge in [0.1, 0.15) is 16.9 Å². The van der Waals surface area contributed by atoms with Gasteiger partial charge in [0.25, 0.3) is 0 Å². The Morgan fingerprint density at radius 3 is 2.90 bits per heavy atom. The molecule has 20 heavy (non-hydrogen) atoms. The van der Waals surface area contributed by atoms with Crippen molar-refractivity contribution in [3.05, 3.63) is 53.0 Å². The van der Waals surface area contributed by atoms with E-state index in [2.05, 4.69) is 0 Å². The monoisotopic (exact) mass is 274 g/mol. The zero-order chi connectivity index (χ0) is 14.3. The minimum absolute atomic E-state index is 0.0110. The highest BCUT2D eigenvalue weighted by Gasteiger charge is 2.43. The second kappa shape index (κ2) is 4.38. The molecule has 0 radical (unpaired) electrons. The maximum atomic E-state index is 11.2. The van der Waals surface area contributed by atoms with E-state index in [-0.39, 0.29) is 11.3 Å². The molecule has 1 atom stereocenters.